The SMILES string of the molecule is C[C@H]1CNCCN1Cc1cccnc1Cl. The van der Waals surface area contributed by atoms with Gasteiger partial charge in [-0.2, -0.15) is 0 Å². The highest BCUT2D eigenvalue weighted by molar-refractivity contribution is 6.30. The molecule has 1 aromatic heterocycles. The summed E-state index contributed by atoms with van der Waals surface area (Å²) in [5, 5.41) is 4.00. The Morgan fingerprint density at radius 3 is 3.27 bits per heavy atom. The van der Waals surface area contributed by atoms with Gasteiger partial charge in [-0.15, -0.1) is 0 Å². The summed E-state index contributed by atoms with van der Waals surface area (Å²) in [5.74, 6) is 0. The van der Waals surface area contributed by atoms with Crippen molar-refractivity contribution in [2.24, 2.45) is 0 Å². The molecular weight excluding hydrogens is 210 g/mol. The molecule has 1 N–H and O–H groups in total. The zero-order valence-electron chi connectivity index (χ0n) is 8.91. The van der Waals surface area contributed by atoms with Gasteiger partial charge in [0, 0.05) is 44.0 Å². The first kappa shape index (κ1) is 10.9. The lowest BCUT2D eigenvalue weighted by Gasteiger charge is -2.33. The van der Waals surface area contributed by atoms with Crippen LogP contribution in [0.15, 0.2) is 18.3 Å². The number of nitrogens with one attached hydrogen (secondary N) is 1. The highest BCUT2D eigenvalue weighted by Crippen LogP contribution is 2.16. The molecule has 1 aliphatic heterocycles. The molecule has 0 bridgehead atoms. The number of hydrogen-bond donors (Lipinski definition) is 1. The van der Waals surface area contributed by atoms with Gasteiger partial charge in [0.1, 0.15) is 5.15 Å². The van der Waals surface area contributed by atoms with Crippen LogP contribution < -0.4 is 5.32 Å². The van der Waals surface area contributed by atoms with E-state index in [1.54, 1.807) is 6.20 Å². The largest absolute Gasteiger partial charge is 0.314 e. The van der Waals surface area contributed by atoms with E-state index in [1.165, 1.54) is 0 Å². The van der Waals surface area contributed by atoms with Crippen molar-refractivity contribution in [2.75, 3.05) is 19.6 Å². The third kappa shape index (κ3) is 2.68. The smallest absolute Gasteiger partial charge is 0.133 e. The van der Waals surface area contributed by atoms with Crippen molar-refractivity contribution in [1.29, 1.82) is 0 Å². The molecule has 3 nitrogen and oxygen atoms in total. The average molecular weight is 226 g/mol. The number of pyridine rings is 1. The molecule has 0 spiro atoms. The highest BCUT2D eigenvalue weighted by Gasteiger charge is 2.18. The van der Waals surface area contributed by atoms with Crippen LogP contribution in [0.4, 0.5) is 0 Å². The summed E-state index contributed by atoms with van der Waals surface area (Å²) in [5.41, 5.74) is 1.12. The first-order valence-electron chi connectivity index (χ1n) is 5.31. The molecule has 0 unspecified atom stereocenters. The maximum atomic E-state index is 6.04. The van der Waals surface area contributed by atoms with Crippen LogP contribution in [0.1, 0.15) is 12.5 Å². The molecule has 1 fully saturated rings. The average Bonchev–Trinajstić information content (AvgIpc) is 2.24. The summed E-state index contributed by atoms with van der Waals surface area (Å²) >= 11 is 6.04. The van der Waals surface area contributed by atoms with Crippen molar-refractivity contribution in [3.63, 3.8) is 0 Å². The van der Waals surface area contributed by atoms with Gasteiger partial charge in [0.05, 0.1) is 0 Å². The van der Waals surface area contributed by atoms with Gasteiger partial charge in [0.25, 0.3) is 0 Å². The van der Waals surface area contributed by atoms with Gasteiger partial charge in [-0.05, 0) is 13.0 Å². The van der Waals surface area contributed by atoms with Crippen LogP contribution in [0.3, 0.4) is 0 Å². The molecule has 1 saturated heterocycles. The fourth-order valence-electron chi connectivity index (χ4n) is 1.87. The minimum atomic E-state index is 0.565. The highest BCUT2D eigenvalue weighted by atomic mass is 35.5. The molecule has 4 heteroatoms. The van der Waals surface area contributed by atoms with Crippen molar-refractivity contribution in [3.8, 4) is 0 Å². The molecule has 2 rings (SSSR count). The molecule has 0 amide bonds. The van der Waals surface area contributed by atoms with E-state index in [4.69, 9.17) is 11.6 Å². The van der Waals surface area contributed by atoms with Gasteiger partial charge in [-0.25, -0.2) is 4.98 Å². The van der Waals surface area contributed by atoms with Crippen LogP contribution >= 0.6 is 11.6 Å². The number of rotatable bonds is 2. The molecule has 82 valence electrons. The minimum absolute atomic E-state index is 0.565. The van der Waals surface area contributed by atoms with E-state index in [1.807, 2.05) is 12.1 Å². The zero-order chi connectivity index (χ0) is 10.7. The number of hydrogen-bond acceptors (Lipinski definition) is 3. The third-order valence-corrected chi connectivity index (χ3v) is 3.19. The second kappa shape index (κ2) is 4.92. The molecule has 1 aliphatic rings. The van der Waals surface area contributed by atoms with Gasteiger partial charge in [-0.1, -0.05) is 17.7 Å². The number of nitrogens with zero attached hydrogens (tertiary/aromatic N) is 2. The molecule has 2 heterocycles. The van der Waals surface area contributed by atoms with Crippen molar-refractivity contribution in [2.45, 2.75) is 19.5 Å². The first-order valence-corrected chi connectivity index (χ1v) is 5.69. The van der Waals surface area contributed by atoms with Gasteiger partial charge in [0.15, 0.2) is 0 Å². The Hall–Kier alpha value is -0.640. The standard InChI is InChI=1S/C11H16ClN3/c1-9-7-13-5-6-15(9)8-10-3-2-4-14-11(10)12/h2-4,9,13H,5-8H2,1H3/t9-/m0/s1. The Morgan fingerprint density at radius 2 is 2.53 bits per heavy atom. The second-order valence-corrected chi connectivity index (χ2v) is 4.33. The molecule has 0 aliphatic carbocycles. The van der Waals surface area contributed by atoms with Crippen molar-refractivity contribution in [3.05, 3.63) is 29.0 Å². The van der Waals surface area contributed by atoms with E-state index in [2.05, 4.69) is 22.1 Å². The summed E-state index contributed by atoms with van der Waals surface area (Å²) in [4.78, 5) is 6.52. The lowest BCUT2D eigenvalue weighted by Crippen LogP contribution is -2.49. The quantitative estimate of drug-likeness (QED) is 0.774. The normalized spacial score (nSPS) is 22.9. The van der Waals surface area contributed by atoms with Crippen LogP contribution in [0, 0.1) is 0 Å². The maximum Gasteiger partial charge on any atom is 0.133 e. The maximum absolute atomic E-state index is 6.04. The van der Waals surface area contributed by atoms with E-state index in [9.17, 15) is 0 Å². The first-order chi connectivity index (χ1) is 7.27. The lowest BCUT2D eigenvalue weighted by atomic mass is 10.2. The second-order valence-electron chi connectivity index (χ2n) is 3.98. The van der Waals surface area contributed by atoms with Crippen LogP contribution in [0.25, 0.3) is 0 Å². The van der Waals surface area contributed by atoms with Gasteiger partial charge in [-0.3, -0.25) is 4.90 Å². The van der Waals surface area contributed by atoms with E-state index in [-0.39, 0.29) is 0 Å². The fourth-order valence-corrected chi connectivity index (χ4v) is 2.05. The molecule has 1 aromatic rings. The van der Waals surface area contributed by atoms with Crippen LogP contribution in [-0.2, 0) is 6.54 Å². The lowest BCUT2D eigenvalue weighted by molar-refractivity contribution is 0.165. The zero-order valence-corrected chi connectivity index (χ0v) is 9.67. The molecule has 1 atom stereocenters. The predicted molar refractivity (Wildman–Crippen MR) is 62.0 cm³/mol. The summed E-state index contributed by atoms with van der Waals surface area (Å²) in [6.07, 6.45) is 1.73. The van der Waals surface area contributed by atoms with Gasteiger partial charge < -0.3 is 5.32 Å². The summed E-state index contributed by atoms with van der Waals surface area (Å²) < 4.78 is 0. The summed E-state index contributed by atoms with van der Waals surface area (Å²) in [7, 11) is 0. The van der Waals surface area contributed by atoms with Gasteiger partial charge >= 0.3 is 0 Å². The van der Waals surface area contributed by atoms with Crippen LogP contribution in [-0.4, -0.2) is 35.6 Å². The van der Waals surface area contributed by atoms with Crippen molar-refractivity contribution < 1.29 is 0 Å². The topological polar surface area (TPSA) is 28.2 Å². The summed E-state index contributed by atoms with van der Waals surface area (Å²) in [6, 6.07) is 4.55. The fraction of sp³-hybridized carbons (Fsp3) is 0.545. The Labute approximate surface area is 95.4 Å². The van der Waals surface area contributed by atoms with E-state index >= 15 is 0 Å². The molecule has 15 heavy (non-hydrogen) atoms. The number of piperazine rings is 1. The Morgan fingerprint density at radius 1 is 1.67 bits per heavy atom. The molecular formula is C11H16ClN3. The Kier molecular flexibility index (Phi) is 3.57. The predicted octanol–water partition coefficient (Wildman–Crippen LogP) is 1.53. The minimum Gasteiger partial charge on any atom is -0.314 e. The molecule has 0 radical (unpaired) electrons. The van der Waals surface area contributed by atoms with E-state index in [0.29, 0.717) is 11.2 Å². The number of aromatic nitrogens is 1. The monoisotopic (exact) mass is 225 g/mol. The van der Waals surface area contributed by atoms with Crippen LogP contribution in [0.2, 0.25) is 5.15 Å². The summed E-state index contributed by atoms with van der Waals surface area (Å²) in [6.45, 7) is 6.32. The van der Waals surface area contributed by atoms with Crippen LogP contribution in [0.5, 0.6) is 0 Å². The number of halogens is 1. The van der Waals surface area contributed by atoms with E-state index < -0.39 is 0 Å². The molecule has 0 aromatic carbocycles. The van der Waals surface area contributed by atoms with Gasteiger partial charge in [0.2, 0.25) is 0 Å². The van der Waals surface area contributed by atoms with Crippen molar-refractivity contribution in [1.82, 2.24) is 15.2 Å². The Bertz CT molecular complexity index is 329. The van der Waals surface area contributed by atoms with Crippen molar-refractivity contribution >= 4 is 11.6 Å². The third-order valence-electron chi connectivity index (χ3n) is 2.85. The van der Waals surface area contributed by atoms with E-state index in [0.717, 1.165) is 31.7 Å². The molecule has 0 saturated carbocycles. The Balaban J connectivity index is 2.04.